The molecule has 2 nitrogen and oxygen atoms in total. The highest BCUT2D eigenvalue weighted by Gasteiger charge is 2.45. The van der Waals surface area contributed by atoms with Crippen LogP contribution in [0.3, 0.4) is 0 Å². The summed E-state index contributed by atoms with van der Waals surface area (Å²) in [7, 11) is 0. The van der Waals surface area contributed by atoms with E-state index in [1.54, 1.807) is 0 Å². The van der Waals surface area contributed by atoms with Gasteiger partial charge in [-0.05, 0) is 18.3 Å². The SMILES string of the molecule is C1CSC(CN2CC3CC3C2)CN1. The Balaban J connectivity index is 1.46. The first-order valence-electron chi connectivity index (χ1n) is 5.46. The van der Waals surface area contributed by atoms with Crippen LogP contribution in [0.5, 0.6) is 0 Å². The molecule has 3 fully saturated rings. The molecule has 1 N–H and O–H groups in total. The molecular weight excluding hydrogens is 180 g/mol. The lowest BCUT2D eigenvalue weighted by atomic mass is 10.3. The van der Waals surface area contributed by atoms with Crippen molar-refractivity contribution in [3.63, 3.8) is 0 Å². The fourth-order valence-electron chi connectivity index (χ4n) is 2.67. The van der Waals surface area contributed by atoms with Gasteiger partial charge in [0, 0.05) is 43.7 Å². The van der Waals surface area contributed by atoms with Crippen molar-refractivity contribution < 1.29 is 0 Å². The fourth-order valence-corrected chi connectivity index (χ4v) is 3.82. The molecule has 74 valence electrons. The van der Waals surface area contributed by atoms with Gasteiger partial charge in [0.05, 0.1) is 0 Å². The molecule has 0 radical (unpaired) electrons. The molecule has 0 bridgehead atoms. The van der Waals surface area contributed by atoms with E-state index in [1.807, 2.05) is 0 Å². The summed E-state index contributed by atoms with van der Waals surface area (Å²) in [5.41, 5.74) is 0. The maximum Gasteiger partial charge on any atom is 0.0300 e. The number of nitrogens with one attached hydrogen (secondary N) is 1. The van der Waals surface area contributed by atoms with Gasteiger partial charge in [-0.1, -0.05) is 0 Å². The molecule has 0 aromatic heterocycles. The maximum absolute atomic E-state index is 3.48. The second-order valence-corrected chi connectivity index (χ2v) is 6.08. The molecule has 0 aromatic rings. The van der Waals surface area contributed by atoms with Gasteiger partial charge in [-0.15, -0.1) is 0 Å². The third-order valence-electron chi connectivity index (χ3n) is 3.52. The predicted octanol–water partition coefficient (Wildman–Crippen LogP) is 0.643. The number of fused-ring (bicyclic) bond motifs is 1. The normalized spacial score (nSPS) is 44.8. The lowest BCUT2D eigenvalue weighted by Gasteiger charge is -2.27. The van der Waals surface area contributed by atoms with E-state index in [0.29, 0.717) is 0 Å². The highest BCUT2D eigenvalue weighted by Crippen LogP contribution is 2.45. The Morgan fingerprint density at radius 3 is 2.85 bits per heavy atom. The van der Waals surface area contributed by atoms with Crippen LogP contribution in [-0.2, 0) is 0 Å². The van der Waals surface area contributed by atoms with Gasteiger partial charge in [0.25, 0.3) is 0 Å². The van der Waals surface area contributed by atoms with Crippen LogP contribution in [0.2, 0.25) is 0 Å². The minimum absolute atomic E-state index is 0.867. The van der Waals surface area contributed by atoms with Crippen molar-refractivity contribution >= 4 is 11.8 Å². The first kappa shape index (κ1) is 8.57. The molecule has 1 aliphatic carbocycles. The minimum Gasteiger partial charge on any atom is -0.315 e. The lowest BCUT2D eigenvalue weighted by molar-refractivity contribution is 0.302. The van der Waals surface area contributed by atoms with E-state index in [1.165, 1.54) is 44.9 Å². The Kier molecular flexibility index (Phi) is 2.27. The second kappa shape index (κ2) is 3.44. The van der Waals surface area contributed by atoms with Crippen molar-refractivity contribution in [3.8, 4) is 0 Å². The lowest BCUT2D eigenvalue weighted by Crippen LogP contribution is -2.40. The summed E-state index contributed by atoms with van der Waals surface area (Å²) in [6.07, 6.45) is 1.53. The zero-order valence-corrected chi connectivity index (χ0v) is 8.85. The van der Waals surface area contributed by atoms with Gasteiger partial charge in [-0.25, -0.2) is 0 Å². The molecule has 2 heterocycles. The molecule has 0 aromatic carbocycles. The predicted molar refractivity (Wildman–Crippen MR) is 57.2 cm³/mol. The highest BCUT2D eigenvalue weighted by atomic mass is 32.2. The zero-order chi connectivity index (χ0) is 8.67. The van der Waals surface area contributed by atoms with Gasteiger partial charge < -0.3 is 10.2 Å². The Morgan fingerprint density at radius 2 is 2.15 bits per heavy atom. The van der Waals surface area contributed by atoms with Gasteiger partial charge in [-0.3, -0.25) is 0 Å². The van der Waals surface area contributed by atoms with E-state index in [9.17, 15) is 0 Å². The van der Waals surface area contributed by atoms with Gasteiger partial charge in [0.2, 0.25) is 0 Å². The molecule has 3 unspecified atom stereocenters. The van der Waals surface area contributed by atoms with E-state index in [2.05, 4.69) is 22.0 Å². The van der Waals surface area contributed by atoms with Crippen LogP contribution < -0.4 is 5.32 Å². The molecule has 2 saturated heterocycles. The number of piperidine rings is 1. The summed E-state index contributed by atoms with van der Waals surface area (Å²) in [6, 6.07) is 0. The van der Waals surface area contributed by atoms with Crippen LogP contribution in [0.4, 0.5) is 0 Å². The summed E-state index contributed by atoms with van der Waals surface area (Å²) in [6.45, 7) is 6.59. The van der Waals surface area contributed by atoms with E-state index in [4.69, 9.17) is 0 Å². The Morgan fingerprint density at radius 1 is 1.31 bits per heavy atom. The molecule has 3 rings (SSSR count). The zero-order valence-electron chi connectivity index (χ0n) is 8.04. The minimum atomic E-state index is 0.867. The fraction of sp³-hybridized carbons (Fsp3) is 1.00. The number of thioether (sulfide) groups is 1. The molecule has 13 heavy (non-hydrogen) atoms. The molecule has 0 spiro atoms. The van der Waals surface area contributed by atoms with E-state index < -0.39 is 0 Å². The summed E-state index contributed by atoms with van der Waals surface area (Å²) < 4.78 is 0. The van der Waals surface area contributed by atoms with Crippen molar-refractivity contribution in [1.29, 1.82) is 0 Å². The van der Waals surface area contributed by atoms with E-state index >= 15 is 0 Å². The van der Waals surface area contributed by atoms with E-state index in [-0.39, 0.29) is 0 Å². The monoisotopic (exact) mass is 198 g/mol. The molecule has 3 heteroatoms. The van der Waals surface area contributed by atoms with Crippen molar-refractivity contribution in [2.75, 3.05) is 38.5 Å². The highest BCUT2D eigenvalue weighted by molar-refractivity contribution is 8.00. The van der Waals surface area contributed by atoms with Gasteiger partial charge in [0.15, 0.2) is 0 Å². The standard InChI is InChI=1S/C10H18N2S/c1-2-13-10(4-11-1)7-12-5-8-3-9(8)6-12/h8-11H,1-7H2. The van der Waals surface area contributed by atoms with Crippen LogP contribution in [-0.4, -0.2) is 48.6 Å². The summed E-state index contributed by atoms with van der Waals surface area (Å²) in [5.74, 6) is 3.51. The van der Waals surface area contributed by atoms with Crippen molar-refractivity contribution in [2.45, 2.75) is 11.7 Å². The number of rotatable bonds is 2. The van der Waals surface area contributed by atoms with Gasteiger partial charge in [0.1, 0.15) is 0 Å². The molecule has 1 saturated carbocycles. The van der Waals surface area contributed by atoms with Crippen LogP contribution >= 0.6 is 11.8 Å². The van der Waals surface area contributed by atoms with Gasteiger partial charge >= 0.3 is 0 Å². The maximum atomic E-state index is 3.48. The van der Waals surface area contributed by atoms with Crippen molar-refractivity contribution in [3.05, 3.63) is 0 Å². The number of nitrogens with zero attached hydrogens (tertiary/aromatic N) is 1. The Hall–Kier alpha value is 0.270. The number of hydrogen-bond acceptors (Lipinski definition) is 3. The van der Waals surface area contributed by atoms with E-state index in [0.717, 1.165) is 17.1 Å². The largest absolute Gasteiger partial charge is 0.315 e. The average molecular weight is 198 g/mol. The van der Waals surface area contributed by atoms with Crippen LogP contribution in [0.15, 0.2) is 0 Å². The van der Waals surface area contributed by atoms with Crippen molar-refractivity contribution in [1.82, 2.24) is 10.2 Å². The Labute approximate surface area is 84.4 Å². The molecular formula is C10H18N2S. The second-order valence-electron chi connectivity index (χ2n) is 4.67. The first-order valence-corrected chi connectivity index (χ1v) is 6.51. The summed E-state index contributed by atoms with van der Waals surface area (Å²) in [4.78, 5) is 2.68. The third-order valence-corrected chi connectivity index (χ3v) is 4.75. The summed E-state index contributed by atoms with van der Waals surface area (Å²) in [5, 5.41) is 4.35. The van der Waals surface area contributed by atoms with Crippen LogP contribution in [0.25, 0.3) is 0 Å². The molecule has 0 amide bonds. The van der Waals surface area contributed by atoms with Crippen LogP contribution in [0, 0.1) is 11.8 Å². The quantitative estimate of drug-likeness (QED) is 0.701. The molecule has 3 aliphatic rings. The summed E-state index contributed by atoms with van der Waals surface area (Å²) >= 11 is 2.16. The smallest absolute Gasteiger partial charge is 0.0300 e. The molecule has 2 aliphatic heterocycles. The average Bonchev–Trinajstić information content (AvgIpc) is 2.76. The topological polar surface area (TPSA) is 15.3 Å². The third kappa shape index (κ3) is 1.88. The number of hydrogen-bond donors (Lipinski definition) is 1. The molecule has 3 atom stereocenters. The number of likely N-dealkylation sites (tertiary alicyclic amines) is 1. The van der Waals surface area contributed by atoms with Gasteiger partial charge in [-0.2, -0.15) is 11.8 Å². The van der Waals surface area contributed by atoms with Crippen molar-refractivity contribution in [2.24, 2.45) is 11.8 Å². The van der Waals surface area contributed by atoms with Crippen LogP contribution in [0.1, 0.15) is 6.42 Å². The first-order chi connectivity index (χ1) is 6.42. The Bertz CT molecular complexity index is 181.